The van der Waals surface area contributed by atoms with Crippen molar-refractivity contribution in [1.82, 2.24) is 24.8 Å². The van der Waals surface area contributed by atoms with E-state index in [0.29, 0.717) is 24.4 Å². The van der Waals surface area contributed by atoms with Gasteiger partial charge in [-0.25, -0.2) is 9.97 Å². The van der Waals surface area contributed by atoms with E-state index in [4.69, 9.17) is 10.5 Å². The summed E-state index contributed by atoms with van der Waals surface area (Å²) in [6, 6.07) is 18.7. The Hall–Kier alpha value is -3.46. The minimum absolute atomic E-state index is 0.125. The van der Waals surface area contributed by atoms with Gasteiger partial charge in [0, 0.05) is 43.1 Å². The molecule has 0 atom stereocenters. The number of para-hydroxylation sites is 1. The number of aliphatic hydroxyl groups excluding tert-OH is 1. The third-order valence-electron chi connectivity index (χ3n) is 7.98. The summed E-state index contributed by atoms with van der Waals surface area (Å²) >= 11 is 0. The largest absolute Gasteiger partial charge is 0.488 e. The number of benzene rings is 2. The smallest absolute Gasteiger partial charge is 0.146 e. The van der Waals surface area contributed by atoms with Crippen LogP contribution in [0.3, 0.4) is 0 Å². The highest BCUT2D eigenvalue weighted by atomic mass is 16.5. The minimum Gasteiger partial charge on any atom is -0.488 e. The molecule has 4 aromatic rings. The van der Waals surface area contributed by atoms with E-state index in [-0.39, 0.29) is 6.10 Å². The van der Waals surface area contributed by atoms with Gasteiger partial charge in [-0.05, 0) is 49.8 Å². The zero-order valence-electron chi connectivity index (χ0n) is 21.7. The molecule has 0 spiro atoms. The van der Waals surface area contributed by atoms with E-state index < -0.39 is 0 Å². The molecule has 8 nitrogen and oxygen atoms in total. The molecule has 2 aliphatic rings. The van der Waals surface area contributed by atoms with Crippen molar-refractivity contribution in [3.63, 3.8) is 0 Å². The maximum absolute atomic E-state index is 9.71. The molecule has 0 radical (unpaired) electrons. The van der Waals surface area contributed by atoms with Gasteiger partial charge in [-0.3, -0.25) is 4.90 Å². The van der Waals surface area contributed by atoms with Crippen LogP contribution in [-0.4, -0.2) is 56.9 Å². The van der Waals surface area contributed by atoms with Crippen LogP contribution >= 0.6 is 0 Å². The summed E-state index contributed by atoms with van der Waals surface area (Å²) in [5.74, 6) is 1.95. The monoisotopic (exact) mass is 512 g/mol. The van der Waals surface area contributed by atoms with Crippen molar-refractivity contribution in [1.29, 1.82) is 0 Å². The number of nitrogen functional groups attached to an aromatic ring is 1. The first-order chi connectivity index (χ1) is 18.7. The summed E-state index contributed by atoms with van der Waals surface area (Å²) in [7, 11) is 0. The number of rotatable bonds is 9. The molecule has 2 aromatic carbocycles. The van der Waals surface area contributed by atoms with Crippen molar-refractivity contribution in [2.24, 2.45) is 5.92 Å². The Morgan fingerprint density at radius 1 is 0.974 bits per heavy atom. The predicted octanol–water partition coefficient (Wildman–Crippen LogP) is 4.21. The van der Waals surface area contributed by atoms with E-state index in [1.54, 1.807) is 6.33 Å². The van der Waals surface area contributed by atoms with Gasteiger partial charge in [0.1, 0.15) is 30.1 Å². The normalized spacial score (nSPS) is 20.4. The number of likely N-dealkylation sites (tertiary alicyclic amines) is 1. The van der Waals surface area contributed by atoms with Crippen molar-refractivity contribution in [2.45, 2.75) is 44.4 Å². The number of hydrogen-bond donors (Lipinski definition) is 3. The molecular weight excluding hydrogens is 476 g/mol. The van der Waals surface area contributed by atoms with E-state index in [9.17, 15) is 5.11 Å². The summed E-state index contributed by atoms with van der Waals surface area (Å²) < 4.78 is 8.57. The van der Waals surface area contributed by atoms with Crippen molar-refractivity contribution >= 4 is 16.9 Å². The summed E-state index contributed by atoms with van der Waals surface area (Å²) in [5.41, 5.74) is 10.4. The summed E-state index contributed by atoms with van der Waals surface area (Å²) in [4.78, 5) is 11.4. The summed E-state index contributed by atoms with van der Waals surface area (Å²) in [6.45, 7) is 4.34. The number of piperidine rings is 1. The highest BCUT2D eigenvalue weighted by Crippen LogP contribution is 2.44. The standard InChI is InChI=1S/C30H36N6O2/c31-29-28-26(25-8-4-5-9-27(25)38-18-21-6-2-1-3-7-21)17-36(30(28)34-19-33-29)23-14-22(15-23)16-32-20-35-12-10-24(37)11-13-35/h1-9,17,19,22-24,32,37H,10-16,18,20H2,(H2,31,33,34). The van der Waals surface area contributed by atoms with E-state index in [1.807, 2.05) is 36.4 Å². The molecule has 38 heavy (non-hydrogen) atoms. The fourth-order valence-electron chi connectivity index (χ4n) is 5.74. The predicted molar refractivity (Wildman–Crippen MR) is 150 cm³/mol. The van der Waals surface area contributed by atoms with Crippen LogP contribution in [0, 0.1) is 5.92 Å². The molecule has 0 bridgehead atoms. The number of hydrogen-bond acceptors (Lipinski definition) is 7. The van der Waals surface area contributed by atoms with E-state index >= 15 is 0 Å². The number of nitrogens with one attached hydrogen (secondary N) is 1. The average Bonchev–Trinajstić information content (AvgIpc) is 3.31. The maximum Gasteiger partial charge on any atom is 0.146 e. The molecule has 0 unspecified atom stereocenters. The Kier molecular flexibility index (Phi) is 7.27. The van der Waals surface area contributed by atoms with Gasteiger partial charge in [0.25, 0.3) is 0 Å². The molecule has 198 valence electrons. The lowest BCUT2D eigenvalue weighted by molar-refractivity contribution is 0.0761. The van der Waals surface area contributed by atoms with Gasteiger partial charge >= 0.3 is 0 Å². The molecule has 2 fully saturated rings. The molecule has 4 N–H and O–H groups in total. The van der Waals surface area contributed by atoms with Crippen LogP contribution in [0.5, 0.6) is 5.75 Å². The highest BCUT2D eigenvalue weighted by molar-refractivity contribution is 6.01. The van der Waals surface area contributed by atoms with E-state index in [1.165, 1.54) is 0 Å². The quantitative estimate of drug-likeness (QED) is 0.309. The number of anilines is 1. The number of nitrogens with zero attached hydrogens (tertiary/aromatic N) is 4. The first-order valence-electron chi connectivity index (χ1n) is 13.6. The van der Waals surface area contributed by atoms with Gasteiger partial charge < -0.3 is 25.5 Å². The van der Waals surface area contributed by atoms with Crippen molar-refractivity contribution in [2.75, 3.05) is 32.0 Å². The van der Waals surface area contributed by atoms with Gasteiger partial charge in [0.05, 0.1) is 11.5 Å². The number of aliphatic hydroxyl groups is 1. The van der Waals surface area contributed by atoms with Crippen LogP contribution in [0.15, 0.2) is 67.1 Å². The third kappa shape index (κ3) is 5.25. The van der Waals surface area contributed by atoms with Gasteiger partial charge in [0.15, 0.2) is 0 Å². The van der Waals surface area contributed by atoms with Crippen LogP contribution in [0.25, 0.3) is 22.2 Å². The summed E-state index contributed by atoms with van der Waals surface area (Å²) in [5, 5.41) is 14.2. The topological polar surface area (TPSA) is 101 Å². The molecule has 3 heterocycles. The second kappa shape index (κ2) is 11.1. The maximum atomic E-state index is 9.71. The molecule has 2 aromatic heterocycles. The van der Waals surface area contributed by atoms with Gasteiger partial charge in [-0.2, -0.15) is 0 Å². The van der Waals surface area contributed by atoms with E-state index in [2.05, 4.69) is 49.1 Å². The van der Waals surface area contributed by atoms with Gasteiger partial charge in [0.2, 0.25) is 0 Å². The SMILES string of the molecule is Nc1ncnc2c1c(-c1ccccc1OCc1ccccc1)cn2C1CC(CNCN2CCC(O)CC2)C1. The number of aromatic nitrogens is 3. The van der Waals surface area contributed by atoms with Gasteiger partial charge in [-0.15, -0.1) is 0 Å². The molecule has 1 saturated heterocycles. The van der Waals surface area contributed by atoms with Crippen LogP contribution < -0.4 is 15.8 Å². The fourth-order valence-corrected chi connectivity index (χ4v) is 5.74. The lowest BCUT2D eigenvalue weighted by Gasteiger charge is -2.37. The summed E-state index contributed by atoms with van der Waals surface area (Å²) in [6.07, 6.45) is 7.58. The Morgan fingerprint density at radius 3 is 2.55 bits per heavy atom. The number of nitrogens with two attached hydrogens (primary N) is 1. The molecule has 8 heteroatoms. The minimum atomic E-state index is -0.125. The fraction of sp³-hybridized carbons (Fsp3) is 0.400. The molecule has 1 saturated carbocycles. The highest BCUT2D eigenvalue weighted by Gasteiger charge is 2.32. The third-order valence-corrected chi connectivity index (χ3v) is 7.98. The zero-order valence-corrected chi connectivity index (χ0v) is 21.7. The first-order valence-corrected chi connectivity index (χ1v) is 13.6. The average molecular weight is 513 g/mol. The molecule has 0 amide bonds. The van der Waals surface area contributed by atoms with E-state index in [0.717, 1.165) is 85.5 Å². The Morgan fingerprint density at radius 2 is 1.74 bits per heavy atom. The first kappa shape index (κ1) is 24.9. The molecular formula is C30H36N6O2. The van der Waals surface area contributed by atoms with Crippen LogP contribution in [0.4, 0.5) is 5.82 Å². The molecule has 6 rings (SSSR count). The Balaban J connectivity index is 1.17. The van der Waals surface area contributed by atoms with Crippen LogP contribution in [0.1, 0.15) is 37.3 Å². The lowest BCUT2D eigenvalue weighted by atomic mass is 9.80. The zero-order chi connectivity index (χ0) is 25.9. The Labute approximate surface area is 223 Å². The number of fused-ring (bicyclic) bond motifs is 1. The van der Waals surface area contributed by atoms with Crippen molar-refractivity contribution in [3.8, 4) is 16.9 Å². The van der Waals surface area contributed by atoms with Crippen molar-refractivity contribution < 1.29 is 9.84 Å². The molecule has 1 aliphatic carbocycles. The number of ether oxygens (including phenoxy) is 1. The van der Waals surface area contributed by atoms with Crippen molar-refractivity contribution in [3.05, 3.63) is 72.7 Å². The second-order valence-electron chi connectivity index (χ2n) is 10.6. The second-order valence-corrected chi connectivity index (χ2v) is 10.6. The van der Waals surface area contributed by atoms with Crippen LogP contribution in [-0.2, 0) is 6.61 Å². The van der Waals surface area contributed by atoms with Crippen LogP contribution in [0.2, 0.25) is 0 Å². The van der Waals surface area contributed by atoms with Gasteiger partial charge in [-0.1, -0.05) is 48.5 Å². The Bertz CT molecular complexity index is 1360. The molecule has 1 aliphatic heterocycles. The lowest BCUT2D eigenvalue weighted by Crippen LogP contribution is -2.44.